The lowest BCUT2D eigenvalue weighted by Gasteiger charge is -2.16. The van der Waals surface area contributed by atoms with Crippen LogP contribution in [0.1, 0.15) is 29.2 Å². The normalized spacial score (nSPS) is 12.1. The molecule has 17 heavy (non-hydrogen) atoms. The fourth-order valence-corrected chi connectivity index (χ4v) is 1.60. The van der Waals surface area contributed by atoms with Crippen LogP contribution in [-0.4, -0.2) is 25.3 Å². The SMILES string of the molecule is COC(=O)CC(O)c1cc(C)c(C)cc1OC. The molecule has 0 aliphatic rings. The van der Waals surface area contributed by atoms with E-state index in [9.17, 15) is 9.90 Å². The number of esters is 1. The summed E-state index contributed by atoms with van der Waals surface area (Å²) in [6, 6.07) is 3.69. The van der Waals surface area contributed by atoms with Gasteiger partial charge in [0.05, 0.1) is 26.7 Å². The van der Waals surface area contributed by atoms with Gasteiger partial charge in [0.25, 0.3) is 0 Å². The lowest BCUT2D eigenvalue weighted by molar-refractivity contribution is -0.142. The van der Waals surface area contributed by atoms with Crippen LogP contribution < -0.4 is 4.74 Å². The van der Waals surface area contributed by atoms with E-state index in [1.54, 1.807) is 7.11 Å². The van der Waals surface area contributed by atoms with E-state index >= 15 is 0 Å². The molecule has 1 N–H and O–H groups in total. The summed E-state index contributed by atoms with van der Waals surface area (Å²) in [6.07, 6.45) is -0.980. The van der Waals surface area contributed by atoms with E-state index in [0.29, 0.717) is 11.3 Å². The third-order valence-corrected chi connectivity index (χ3v) is 2.79. The molecule has 4 nitrogen and oxygen atoms in total. The van der Waals surface area contributed by atoms with Gasteiger partial charge in [-0.1, -0.05) is 0 Å². The van der Waals surface area contributed by atoms with Crippen molar-refractivity contribution in [1.29, 1.82) is 0 Å². The number of ether oxygens (including phenoxy) is 2. The summed E-state index contributed by atoms with van der Waals surface area (Å²) in [5.41, 5.74) is 2.74. The molecule has 0 saturated carbocycles. The Morgan fingerprint density at radius 3 is 2.41 bits per heavy atom. The Kier molecular flexibility index (Phi) is 4.52. The molecule has 1 rings (SSSR count). The minimum atomic E-state index is -0.906. The number of aliphatic hydroxyl groups is 1. The number of aryl methyl sites for hydroxylation is 2. The number of hydrogen-bond acceptors (Lipinski definition) is 4. The molecule has 0 radical (unpaired) electrons. The van der Waals surface area contributed by atoms with E-state index in [-0.39, 0.29) is 6.42 Å². The van der Waals surface area contributed by atoms with Gasteiger partial charge in [0.1, 0.15) is 5.75 Å². The van der Waals surface area contributed by atoms with E-state index in [1.807, 2.05) is 26.0 Å². The van der Waals surface area contributed by atoms with E-state index in [1.165, 1.54) is 7.11 Å². The minimum Gasteiger partial charge on any atom is -0.496 e. The number of benzene rings is 1. The fourth-order valence-electron chi connectivity index (χ4n) is 1.60. The van der Waals surface area contributed by atoms with Crippen LogP contribution in [0.4, 0.5) is 0 Å². The Morgan fingerprint density at radius 1 is 1.29 bits per heavy atom. The van der Waals surface area contributed by atoms with Gasteiger partial charge in [0.2, 0.25) is 0 Å². The van der Waals surface area contributed by atoms with Crippen LogP contribution in [0, 0.1) is 13.8 Å². The van der Waals surface area contributed by atoms with Crippen LogP contribution in [0.5, 0.6) is 5.75 Å². The van der Waals surface area contributed by atoms with Gasteiger partial charge >= 0.3 is 5.97 Å². The lowest BCUT2D eigenvalue weighted by atomic mass is 9.99. The van der Waals surface area contributed by atoms with Gasteiger partial charge in [-0.2, -0.15) is 0 Å². The predicted octanol–water partition coefficient (Wildman–Crippen LogP) is 1.91. The van der Waals surface area contributed by atoms with Gasteiger partial charge in [-0.3, -0.25) is 4.79 Å². The summed E-state index contributed by atoms with van der Waals surface area (Å²) >= 11 is 0. The van der Waals surface area contributed by atoms with Crippen LogP contribution in [0.25, 0.3) is 0 Å². The number of methoxy groups -OCH3 is 2. The molecule has 0 spiro atoms. The average molecular weight is 238 g/mol. The Balaban J connectivity index is 3.03. The molecule has 1 aromatic carbocycles. The van der Waals surface area contributed by atoms with Gasteiger partial charge in [-0.05, 0) is 37.1 Å². The summed E-state index contributed by atoms with van der Waals surface area (Å²) in [5, 5.41) is 9.97. The molecule has 0 aliphatic heterocycles. The summed E-state index contributed by atoms with van der Waals surface area (Å²) in [6.45, 7) is 3.91. The first-order valence-corrected chi connectivity index (χ1v) is 5.39. The monoisotopic (exact) mass is 238 g/mol. The molecule has 0 aliphatic carbocycles. The Hall–Kier alpha value is -1.55. The zero-order chi connectivity index (χ0) is 13.0. The topological polar surface area (TPSA) is 55.8 Å². The van der Waals surface area contributed by atoms with Crippen molar-refractivity contribution in [2.75, 3.05) is 14.2 Å². The Morgan fingerprint density at radius 2 is 1.88 bits per heavy atom. The van der Waals surface area contributed by atoms with Crippen molar-refractivity contribution in [3.05, 3.63) is 28.8 Å². The van der Waals surface area contributed by atoms with Crippen molar-refractivity contribution in [3.63, 3.8) is 0 Å². The first-order chi connectivity index (χ1) is 7.99. The molecular formula is C13H18O4. The van der Waals surface area contributed by atoms with Gasteiger partial charge < -0.3 is 14.6 Å². The molecule has 4 heteroatoms. The van der Waals surface area contributed by atoms with Crippen LogP contribution in [0.15, 0.2) is 12.1 Å². The van der Waals surface area contributed by atoms with Crippen LogP contribution >= 0.6 is 0 Å². The van der Waals surface area contributed by atoms with Crippen LogP contribution in [0.2, 0.25) is 0 Å². The highest BCUT2D eigenvalue weighted by Gasteiger charge is 2.18. The van der Waals surface area contributed by atoms with Gasteiger partial charge in [0.15, 0.2) is 0 Å². The molecule has 0 fully saturated rings. The first kappa shape index (κ1) is 13.5. The van der Waals surface area contributed by atoms with Gasteiger partial charge in [0, 0.05) is 5.56 Å². The van der Waals surface area contributed by atoms with E-state index in [2.05, 4.69) is 4.74 Å². The third-order valence-electron chi connectivity index (χ3n) is 2.79. The summed E-state index contributed by atoms with van der Waals surface area (Å²) in [5.74, 6) is 0.141. The van der Waals surface area contributed by atoms with E-state index < -0.39 is 12.1 Å². The maximum atomic E-state index is 11.1. The van der Waals surface area contributed by atoms with Crippen LogP contribution in [0.3, 0.4) is 0 Å². The van der Waals surface area contributed by atoms with Crippen LogP contribution in [-0.2, 0) is 9.53 Å². The number of hydrogen-bond donors (Lipinski definition) is 1. The molecule has 0 bridgehead atoms. The highest BCUT2D eigenvalue weighted by Crippen LogP contribution is 2.30. The first-order valence-electron chi connectivity index (χ1n) is 5.39. The molecule has 0 saturated heterocycles. The number of aliphatic hydroxyl groups excluding tert-OH is 1. The second-order valence-electron chi connectivity index (χ2n) is 3.97. The standard InChI is InChI=1S/C13H18O4/c1-8-5-10(11(14)7-13(15)17-4)12(16-3)6-9(8)2/h5-6,11,14H,7H2,1-4H3. The smallest absolute Gasteiger partial charge is 0.308 e. The minimum absolute atomic E-state index is 0.0740. The molecule has 0 amide bonds. The van der Waals surface area contributed by atoms with Crippen molar-refractivity contribution < 1.29 is 19.4 Å². The molecule has 0 aromatic heterocycles. The van der Waals surface area contributed by atoms with Crippen molar-refractivity contribution in [2.45, 2.75) is 26.4 Å². The fraction of sp³-hybridized carbons (Fsp3) is 0.462. The van der Waals surface area contributed by atoms with Gasteiger partial charge in [-0.15, -0.1) is 0 Å². The maximum Gasteiger partial charge on any atom is 0.308 e. The number of rotatable bonds is 4. The maximum absolute atomic E-state index is 11.1. The van der Waals surface area contributed by atoms with E-state index in [0.717, 1.165) is 11.1 Å². The molecule has 1 atom stereocenters. The summed E-state index contributed by atoms with van der Waals surface area (Å²) in [4.78, 5) is 11.1. The summed E-state index contributed by atoms with van der Waals surface area (Å²) in [7, 11) is 2.84. The largest absolute Gasteiger partial charge is 0.496 e. The van der Waals surface area contributed by atoms with Crippen molar-refractivity contribution in [3.8, 4) is 5.75 Å². The highest BCUT2D eigenvalue weighted by atomic mass is 16.5. The number of carbonyl (C=O) groups excluding carboxylic acids is 1. The van der Waals surface area contributed by atoms with E-state index in [4.69, 9.17) is 4.74 Å². The van der Waals surface area contributed by atoms with Crippen molar-refractivity contribution in [2.24, 2.45) is 0 Å². The molecular weight excluding hydrogens is 220 g/mol. The highest BCUT2D eigenvalue weighted by molar-refractivity contribution is 5.70. The quantitative estimate of drug-likeness (QED) is 0.814. The molecule has 0 heterocycles. The van der Waals surface area contributed by atoms with Gasteiger partial charge in [-0.25, -0.2) is 0 Å². The Labute approximate surface area is 101 Å². The molecule has 1 unspecified atom stereocenters. The van der Waals surface area contributed by atoms with Crippen molar-refractivity contribution >= 4 is 5.97 Å². The average Bonchev–Trinajstić information content (AvgIpc) is 2.31. The zero-order valence-electron chi connectivity index (χ0n) is 10.6. The van der Waals surface area contributed by atoms with Crippen molar-refractivity contribution in [1.82, 2.24) is 0 Å². The molecule has 1 aromatic rings. The zero-order valence-corrected chi connectivity index (χ0v) is 10.6. The Bertz CT molecular complexity index is 412. The second kappa shape index (κ2) is 5.68. The third kappa shape index (κ3) is 3.20. The molecule has 94 valence electrons. The second-order valence-corrected chi connectivity index (χ2v) is 3.97. The number of carbonyl (C=O) groups is 1. The predicted molar refractivity (Wildman–Crippen MR) is 64.1 cm³/mol. The lowest BCUT2D eigenvalue weighted by Crippen LogP contribution is -2.09. The summed E-state index contributed by atoms with van der Waals surface area (Å²) < 4.78 is 9.74.